The summed E-state index contributed by atoms with van der Waals surface area (Å²) in [6.45, 7) is 4.16. The summed E-state index contributed by atoms with van der Waals surface area (Å²) in [5.74, 6) is 0. The maximum atomic E-state index is 8.92. The molecule has 3 nitrogen and oxygen atoms in total. The molecule has 0 saturated carbocycles. The zero-order valence-corrected chi connectivity index (χ0v) is 7.29. The van der Waals surface area contributed by atoms with Gasteiger partial charge in [-0.05, 0) is 26.7 Å². The van der Waals surface area contributed by atoms with E-state index < -0.39 is 0 Å². The van der Waals surface area contributed by atoms with Crippen LogP contribution in [0.4, 0.5) is 0 Å². The van der Waals surface area contributed by atoms with Gasteiger partial charge >= 0.3 is 0 Å². The molecule has 0 aliphatic rings. The topological polar surface area (TPSA) is 49.7 Å². The lowest BCUT2D eigenvalue weighted by Gasteiger charge is -2.12. The molecule has 0 aliphatic carbocycles. The monoisotopic (exact) mass is 162 g/mol. The van der Waals surface area contributed by atoms with E-state index in [0.29, 0.717) is 6.61 Å². The Morgan fingerprint density at radius 2 is 1.91 bits per heavy atom. The summed E-state index contributed by atoms with van der Waals surface area (Å²) in [4.78, 5) is 0. The molecule has 0 radical (unpaired) electrons. The van der Waals surface area contributed by atoms with Gasteiger partial charge in [-0.3, -0.25) is 0 Å². The van der Waals surface area contributed by atoms with Crippen molar-refractivity contribution in [3.63, 3.8) is 0 Å². The molecule has 3 heteroatoms. The minimum atomic E-state index is -0.254. The van der Waals surface area contributed by atoms with E-state index >= 15 is 0 Å². The number of hydrogen-bond acceptors (Lipinski definition) is 3. The molecule has 2 atom stereocenters. The quantitative estimate of drug-likeness (QED) is 0.599. The van der Waals surface area contributed by atoms with Gasteiger partial charge in [0.05, 0.1) is 25.4 Å². The zero-order chi connectivity index (χ0) is 8.69. The summed E-state index contributed by atoms with van der Waals surface area (Å²) in [5.41, 5.74) is 0. The van der Waals surface area contributed by atoms with Gasteiger partial charge in [-0.2, -0.15) is 0 Å². The minimum absolute atomic E-state index is 0.0685. The summed E-state index contributed by atoms with van der Waals surface area (Å²) in [6.07, 6.45) is 1.48. The van der Waals surface area contributed by atoms with E-state index in [1.54, 1.807) is 6.92 Å². The fraction of sp³-hybridized carbons (Fsp3) is 1.00. The van der Waals surface area contributed by atoms with Crippen LogP contribution in [0.5, 0.6) is 0 Å². The lowest BCUT2D eigenvalue weighted by molar-refractivity contribution is 0.0267. The van der Waals surface area contributed by atoms with Crippen LogP contribution in [0.1, 0.15) is 26.7 Å². The van der Waals surface area contributed by atoms with Crippen molar-refractivity contribution in [2.45, 2.75) is 38.9 Å². The Hall–Kier alpha value is -0.120. The summed E-state index contributed by atoms with van der Waals surface area (Å²) in [6, 6.07) is 0. The average Bonchev–Trinajstić information content (AvgIpc) is 1.97. The molecule has 2 N–H and O–H groups in total. The van der Waals surface area contributed by atoms with Crippen LogP contribution in [-0.2, 0) is 4.74 Å². The van der Waals surface area contributed by atoms with Crippen LogP contribution in [0.25, 0.3) is 0 Å². The maximum absolute atomic E-state index is 8.92. The first-order valence-electron chi connectivity index (χ1n) is 4.07. The normalized spacial score (nSPS) is 16.4. The summed E-state index contributed by atoms with van der Waals surface area (Å²) in [7, 11) is 0. The van der Waals surface area contributed by atoms with Gasteiger partial charge in [0.25, 0.3) is 0 Å². The second-order valence-corrected chi connectivity index (χ2v) is 2.83. The van der Waals surface area contributed by atoms with Crippen LogP contribution < -0.4 is 0 Å². The Bertz CT molecular complexity index is 83.4. The average molecular weight is 162 g/mol. The smallest absolute Gasteiger partial charge is 0.0701 e. The third kappa shape index (κ3) is 7.78. The summed E-state index contributed by atoms with van der Waals surface area (Å²) in [5, 5.41) is 17.3. The van der Waals surface area contributed by atoms with Crippen LogP contribution in [0.2, 0.25) is 0 Å². The number of aliphatic hydroxyl groups is 2. The van der Waals surface area contributed by atoms with Gasteiger partial charge in [0.2, 0.25) is 0 Å². The molecule has 0 bridgehead atoms. The number of aliphatic hydroxyl groups excluding tert-OH is 2. The number of ether oxygens (including phenoxy) is 1. The molecule has 0 aromatic heterocycles. The highest BCUT2D eigenvalue weighted by Crippen LogP contribution is 2.03. The first kappa shape index (κ1) is 10.9. The van der Waals surface area contributed by atoms with E-state index in [0.717, 1.165) is 12.8 Å². The van der Waals surface area contributed by atoms with Crippen molar-refractivity contribution in [3.8, 4) is 0 Å². The molecule has 0 heterocycles. The zero-order valence-electron chi connectivity index (χ0n) is 7.29. The predicted octanol–water partition coefficient (Wildman–Crippen LogP) is 0.545. The molecule has 68 valence electrons. The SMILES string of the molecule is CC(O)CCC(C)OCCO. The minimum Gasteiger partial charge on any atom is -0.394 e. The van der Waals surface area contributed by atoms with Crippen molar-refractivity contribution in [1.82, 2.24) is 0 Å². The molecule has 0 fully saturated rings. The molecular formula is C8H18O3. The van der Waals surface area contributed by atoms with E-state index in [9.17, 15) is 0 Å². The van der Waals surface area contributed by atoms with Crippen molar-refractivity contribution in [2.24, 2.45) is 0 Å². The Morgan fingerprint density at radius 1 is 1.27 bits per heavy atom. The standard InChI is InChI=1S/C8H18O3/c1-7(10)3-4-8(2)11-6-5-9/h7-10H,3-6H2,1-2H3. The van der Waals surface area contributed by atoms with Crippen LogP contribution >= 0.6 is 0 Å². The van der Waals surface area contributed by atoms with Gasteiger partial charge in [-0.25, -0.2) is 0 Å². The second-order valence-electron chi connectivity index (χ2n) is 2.83. The van der Waals surface area contributed by atoms with E-state index in [2.05, 4.69) is 0 Å². The highest BCUT2D eigenvalue weighted by molar-refractivity contribution is 4.54. The highest BCUT2D eigenvalue weighted by atomic mass is 16.5. The van der Waals surface area contributed by atoms with Gasteiger partial charge in [0.1, 0.15) is 0 Å². The predicted molar refractivity (Wildman–Crippen MR) is 43.4 cm³/mol. The van der Waals surface area contributed by atoms with Gasteiger partial charge in [-0.1, -0.05) is 0 Å². The first-order valence-corrected chi connectivity index (χ1v) is 4.07. The molecule has 0 amide bonds. The van der Waals surface area contributed by atoms with Gasteiger partial charge in [-0.15, -0.1) is 0 Å². The van der Waals surface area contributed by atoms with Crippen LogP contribution in [0.15, 0.2) is 0 Å². The van der Waals surface area contributed by atoms with Crippen molar-refractivity contribution < 1.29 is 14.9 Å². The van der Waals surface area contributed by atoms with E-state index in [1.807, 2.05) is 6.92 Å². The Labute approximate surface area is 68.0 Å². The third-order valence-electron chi connectivity index (χ3n) is 1.48. The van der Waals surface area contributed by atoms with Crippen LogP contribution in [0.3, 0.4) is 0 Å². The molecule has 0 spiro atoms. The van der Waals surface area contributed by atoms with E-state index in [4.69, 9.17) is 14.9 Å². The summed E-state index contributed by atoms with van der Waals surface area (Å²) >= 11 is 0. The van der Waals surface area contributed by atoms with E-state index in [-0.39, 0.29) is 18.8 Å². The second kappa shape index (κ2) is 6.58. The molecule has 0 aliphatic heterocycles. The Balaban J connectivity index is 3.15. The van der Waals surface area contributed by atoms with Crippen LogP contribution in [-0.4, -0.2) is 35.6 Å². The summed E-state index contributed by atoms with van der Waals surface area (Å²) < 4.78 is 5.18. The van der Waals surface area contributed by atoms with Crippen LogP contribution in [0, 0.1) is 0 Å². The third-order valence-corrected chi connectivity index (χ3v) is 1.48. The molecule has 11 heavy (non-hydrogen) atoms. The lowest BCUT2D eigenvalue weighted by atomic mass is 10.1. The van der Waals surface area contributed by atoms with E-state index in [1.165, 1.54) is 0 Å². The molecule has 2 unspecified atom stereocenters. The first-order chi connectivity index (χ1) is 5.16. The van der Waals surface area contributed by atoms with Crippen molar-refractivity contribution in [2.75, 3.05) is 13.2 Å². The Morgan fingerprint density at radius 3 is 2.36 bits per heavy atom. The Kier molecular flexibility index (Phi) is 6.51. The van der Waals surface area contributed by atoms with Gasteiger partial charge < -0.3 is 14.9 Å². The maximum Gasteiger partial charge on any atom is 0.0701 e. The largest absolute Gasteiger partial charge is 0.394 e. The fourth-order valence-electron chi connectivity index (χ4n) is 0.813. The van der Waals surface area contributed by atoms with Crippen molar-refractivity contribution >= 4 is 0 Å². The number of rotatable bonds is 6. The highest BCUT2D eigenvalue weighted by Gasteiger charge is 2.03. The number of hydrogen-bond donors (Lipinski definition) is 2. The van der Waals surface area contributed by atoms with Gasteiger partial charge in [0.15, 0.2) is 0 Å². The van der Waals surface area contributed by atoms with Gasteiger partial charge in [0, 0.05) is 0 Å². The molecule has 0 aromatic rings. The van der Waals surface area contributed by atoms with Crippen molar-refractivity contribution in [3.05, 3.63) is 0 Å². The molecule has 0 saturated heterocycles. The fourth-order valence-corrected chi connectivity index (χ4v) is 0.813. The molecule has 0 aromatic carbocycles. The molecular weight excluding hydrogens is 144 g/mol. The molecule has 0 rings (SSSR count). The van der Waals surface area contributed by atoms with Crippen molar-refractivity contribution in [1.29, 1.82) is 0 Å². The lowest BCUT2D eigenvalue weighted by Crippen LogP contribution is -2.13.